The van der Waals surface area contributed by atoms with Crippen LogP contribution in [-0.4, -0.2) is 28.6 Å². The van der Waals surface area contributed by atoms with Crippen LogP contribution < -0.4 is 0 Å². The van der Waals surface area contributed by atoms with E-state index in [4.69, 9.17) is 9.84 Å². The maximum absolute atomic E-state index is 12.5. The zero-order chi connectivity index (χ0) is 12.3. The fraction of sp³-hybridized carbons (Fsp3) is 0.778. The molecular formula is C9H14F2O4. The lowest BCUT2D eigenvalue weighted by Crippen LogP contribution is -2.30. The second-order valence-electron chi connectivity index (χ2n) is 4.10. The summed E-state index contributed by atoms with van der Waals surface area (Å²) in [6.45, 7) is 4.79. The quantitative estimate of drug-likeness (QED) is 0.740. The van der Waals surface area contributed by atoms with Crippen LogP contribution in [0.2, 0.25) is 0 Å². The number of esters is 1. The van der Waals surface area contributed by atoms with Crippen molar-refractivity contribution >= 4 is 11.9 Å². The summed E-state index contributed by atoms with van der Waals surface area (Å²) >= 11 is 0. The molecule has 0 unspecified atom stereocenters. The summed E-state index contributed by atoms with van der Waals surface area (Å²) in [5.41, 5.74) is -0.754. The first-order valence-corrected chi connectivity index (χ1v) is 4.38. The summed E-state index contributed by atoms with van der Waals surface area (Å²) in [4.78, 5) is 21.0. The molecule has 0 radical (unpaired) electrons. The molecule has 1 N–H and O–H groups in total. The predicted octanol–water partition coefficient (Wildman–Crippen LogP) is 1.83. The standard InChI is InChI=1S/C9H14F2O4/c1-8(2,3)15-6(12)4-5-9(10,11)7(13)14/h4-5H2,1-3H3,(H,13,14). The number of hydrogen-bond donors (Lipinski definition) is 1. The molecule has 15 heavy (non-hydrogen) atoms. The summed E-state index contributed by atoms with van der Waals surface area (Å²) in [5, 5.41) is 8.08. The summed E-state index contributed by atoms with van der Waals surface area (Å²) < 4.78 is 29.8. The third-order valence-electron chi connectivity index (χ3n) is 1.38. The number of rotatable bonds is 4. The molecule has 0 aromatic carbocycles. The van der Waals surface area contributed by atoms with Crippen molar-refractivity contribution in [3.05, 3.63) is 0 Å². The molecule has 0 saturated heterocycles. The van der Waals surface area contributed by atoms with Crippen molar-refractivity contribution < 1.29 is 28.2 Å². The van der Waals surface area contributed by atoms with Crippen LogP contribution in [0.4, 0.5) is 8.78 Å². The average Bonchev–Trinajstić information content (AvgIpc) is 1.97. The Bertz CT molecular complexity index is 255. The molecule has 0 aliphatic heterocycles. The van der Waals surface area contributed by atoms with E-state index in [1.54, 1.807) is 20.8 Å². The molecule has 0 aromatic heterocycles. The van der Waals surface area contributed by atoms with Crippen LogP contribution in [0.1, 0.15) is 33.6 Å². The topological polar surface area (TPSA) is 63.6 Å². The van der Waals surface area contributed by atoms with Crippen molar-refractivity contribution in [2.75, 3.05) is 0 Å². The van der Waals surface area contributed by atoms with E-state index < -0.39 is 36.3 Å². The molecule has 4 nitrogen and oxygen atoms in total. The smallest absolute Gasteiger partial charge is 0.374 e. The minimum atomic E-state index is -3.88. The molecule has 0 aliphatic carbocycles. The van der Waals surface area contributed by atoms with Gasteiger partial charge in [0, 0.05) is 6.42 Å². The number of carbonyl (C=O) groups excluding carboxylic acids is 1. The Morgan fingerprint density at radius 2 is 1.73 bits per heavy atom. The predicted molar refractivity (Wildman–Crippen MR) is 47.7 cm³/mol. The zero-order valence-corrected chi connectivity index (χ0v) is 8.84. The van der Waals surface area contributed by atoms with E-state index in [9.17, 15) is 18.4 Å². The van der Waals surface area contributed by atoms with E-state index in [-0.39, 0.29) is 0 Å². The van der Waals surface area contributed by atoms with Crippen LogP contribution in [-0.2, 0) is 14.3 Å². The second kappa shape index (κ2) is 4.55. The number of carbonyl (C=O) groups is 2. The highest BCUT2D eigenvalue weighted by molar-refractivity contribution is 5.77. The van der Waals surface area contributed by atoms with Gasteiger partial charge in [-0.3, -0.25) is 4.79 Å². The molecule has 88 valence electrons. The van der Waals surface area contributed by atoms with Gasteiger partial charge in [0.1, 0.15) is 5.60 Å². The fourth-order valence-corrected chi connectivity index (χ4v) is 0.759. The summed E-state index contributed by atoms with van der Waals surface area (Å²) in [6.07, 6.45) is -1.66. The van der Waals surface area contributed by atoms with Crippen LogP contribution in [0.5, 0.6) is 0 Å². The van der Waals surface area contributed by atoms with Gasteiger partial charge in [-0.1, -0.05) is 0 Å². The van der Waals surface area contributed by atoms with E-state index in [1.165, 1.54) is 0 Å². The van der Waals surface area contributed by atoms with Gasteiger partial charge in [-0.15, -0.1) is 0 Å². The van der Waals surface area contributed by atoms with Gasteiger partial charge in [-0.2, -0.15) is 8.78 Å². The molecule has 0 spiro atoms. The van der Waals surface area contributed by atoms with Gasteiger partial charge in [0.05, 0.1) is 6.42 Å². The van der Waals surface area contributed by atoms with Gasteiger partial charge in [0.25, 0.3) is 0 Å². The number of halogens is 2. The first kappa shape index (κ1) is 13.8. The SMILES string of the molecule is CC(C)(C)OC(=O)CCC(F)(F)C(=O)O. The third kappa shape index (κ3) is 5.98. The second-order valence-corrected chi connectivity index (χ2v) is 4.10. The average molecular weight is 224 g/mol. The van der Waals surface area contributed by atoms with Crippen molar-refractivity contribution in [1.82, 2.24) is 0 Å². The molecule has 0 saturated carbocycles. The van der Waals surface area contributed by atoms with Crippen molar-refractivity contribution in [3.63, 3.8) is 0 Å². The summed E-state index contributed by atoms with van der Waals surface area (Å²) in [7, 11) is 0. The Morgan fingerprint density at radius 1 is 1.27 bits per heavy atom. The molecule has 0 aliphatic rings. The Balaban J connectivity index is 4.07. The highest BCUT2D eigenvalue weighted by Crippen LogP contribution is 2.21. The van der Waals surface area contributed by atoms with Gasteiger partial charge in [0.15, 0.2) is 0 Å². The minimum Gasteiger partial charge on any atom is -0.477 e. The van der Waals surface area contributed by atoms with Crippen LogP contribution in [0, 0.1) is 0 Å². The van der Waals surface area contributed by atoms with Gasteiger partial charge < -0.3 is 9.84 Å². The van der Waals surface area contributed by atoms with E-state index in [0.717, 1.165) is 0 Å². The number of carboxylic acids is 1. The Labute approximate surface area is 86.2 Å². The molecule has 0 fully saturated rings. The van der Waals surface area contributed by atoms with Crippen molar-refractivity contribution in [2.24, 2.45) is 0 Å². The summed E-state index contributed by atoms with van der Waals surface area (Å²) in [6, 6.07) is 0. The van der Waals surface area contributed by atoms with Gasteiger partial charge in [0.2, 0.25) is 0 Å². The van der Waals surface area contributed by atoms with Crippen LogP contribution in [0.25, 0.3) is 0 Å². The molecule has 0 rings (SSSR count). The minimum absolute atomic E-state index is 0.615. The number of aliphatic carboxylic acids is 1. The fourth-order valence-electron chi connectivity index (χ4n) is 0.759. The Kier molecular flexibility index (Phi) is 4.18. The lowest BCUT2D eigenvalue weighted by molar-refractivity contribution is -0.168. The van der Waals surface area contributed by atoms with E-state index >= 15 is 0 Å². The summed E-state index contributed by atoms with van der Waals surface area (Å²) in [5.74, 6) is -6.94. The monoisotopic (exact) mass is 224 g/mol. The number of carboxylic acid groups (broad SMARTS) is 1. The molecule has 0 amide bonds. The third-order valence-corrected chi connectivity index (χ3v) is 1.38. The first-order valence-electron chi connectivity index (χ1n) is 4.38. The largest absolute Gasteiger partial charge is 0.477 e. The lowest BCUT2D eigenvalue weighted by Gasteiger charge is -2.20. The number of ether oxygens (including phenoxy) is 1. The molecule has 0 atom stereocenters. The Hall–Kier alpha value is -1.20. The van der Waals surface area contributed by atoms with Crippen LogP contribution in [0.3, 0.4) is 0 Å². The van der Waals surface area contributed by atoms with Crippen molar-refractivity contribution in [3.8, 4) is 0 Å². The Morgan fingerprint density at radius 3 is 2.07 bits per heavy atom. The molecule has 0 heterocycles. The maximum atomic E-state index is 12.5. The van der Waals surface area contributed by atoms with Gasteiger partial charge in [-0.25, -0.2) is 4.79 Å². The molecular weight excluding hydrogens is 210 g/mol. The van der Waals surface area contributed by atoms with Crippen molar-refractivity contribution in [1.29, 1.82) is 0 Å². The zero-order valence-electron chi connectivity index (χ0n) is 8.84. The van der Waals surface area contributed by atoms with E-state index in [1.807, 2.05) is 0 Å². The number of alkyl halides is 2. The first-order chi connectivity index (χ1) is 6.54. The van der Waals surface area contributed by atoms with E-state index in [0.29, 0.717) is 0 Å². The van der Waals surface area contributed by atoms with Crippen LogP contribution in [0.15, 0.2) is 0 Å². The lowest BCUT2D eigenvalue weighted by atomic mass is 10.1. The molecule has 0 bridgehead atoms. The highest BCUT2D eigenvalue weighted by atomic mass is 19.3. The van der Waals surface area contributed by atoms with E-state index in [2.05, 4.69) is 0 Å². The normalized spacial score (nSPS) is 12.3. The molecule has 6 heteroatoms. The number of hydrogen-bond acceptors (Lipinski definition) is 3. The maximum Gasteiger partial charge on any atom is 0.374 e. The molecule has 0 aromatic rings. The van der Waals surface area contributed by atoms with Crippen molar-refractivity contribution in [2.45, 2.75) is 45.1 Å². The van der Waals surface area contributed by atoms with Gasteiger partial charge in [-0.05, 0) is 20.8 Å². The van der Waals surface area contributed by atoms with Crippen LogP contribution >= 0.6 is 0 Å². The highest BCUT2D eigenvalue weighted by Gasteiger charge is 2.39. The van der Waals surface area contributed by atoms with Gasteiger partial charge >= 0.3 is 17.9 Å².